The Labute approximate surface area is 152 Å². The predicted octanol–water partition coefficient (Wildman–Crippen LogP) is 2.66. The monoisotopic (exact) mass is 357 g/mol. The first-order chi connectivity index (χ1) is 12.6. The van der Waals surface area contributed by atoms with E-state index in [-0.39, 0.29) is 23.3 Å². The zero-order valence-electron chi connectivity index (χ0n) is 14.8. The van der Waals surface area contributed by atoms with E-state index in [9.17, 15) is 15.2 Å². The maximum Gasteiger partial charge on any atom is 0.272 e. The molecule has 2 heterocycles. The molecule has 8 nitrogen and oxygen atoms in total. The molecule has 1 atom stereocenters. The van der Waals surface area contributed by atoms with Crippen LogP contribution < -0.4 is 10.2 Å². The van der Waals surface area contributed by atoms with Crippen LogP contribution in [0.2, 0.25) is 0 Å². The van der Waals surface area contributed by atoms with Crippen LogP contribution in [0.3, 0.4) is 0 Å². The second kappa shape index (κ2) is 8.09. The van der Waals surface area contributed by atoms with Gasteiger partial charge in [-0.15, -0.1) is 0 Å². The molecule has 1 aromatic carbocycles. The Hall–Kier alpha value is -2.74. The zero-order valence-corrected chi connectivity index (χ0v) is 14.8. The molecule has 138 valence electrons. The van der Waals surface area contributed by atoms with Crippen molar-refractivity contribution < 1.29 is 10.0 Å². The lowest BCUT2D eigenvalue weighted by molar-refractivity contribution is -0.385. The fourth-order valence-electron chi connectivity index (χ4n) is 3.34. The topological polar surface area (TPSA) is 104 Å². The summed E-state index contributed by atoms with van der Waals surface area (Å²) in [4.78, 5) is 21.4. The second-order valence-electron chi connectivity index (χ2n) is 6.46. The number of hydrogen-bond donors (Lipinski definition) is 2. The first kappa shape index (κ1) is 18.1. The Balaban J connectivity index is 1.74. The van der Waals surface area contributed by atoms with Crippen molar-refractivity contribution in [1.82, 2.24) is 9.97 Å². The molecule has 1 aliphatic rings. The summed E-state index contributed by atoms with van der Waals surface area (Å²) in [6, 6.07) is 7.01. The summed E-state index contributed by atoms with van der Waals surface area (Å²) < 4.78 is 0. The Morgan fingerprint density at radius 2 is 2.23 bits per heavy atom. The highest BCUT2D eigenvalue weighted by Gasteiger charge is 2.23. The molecule has 1 fully saturated rings. The van der Waals surface area contributed by atoms with Crippen molar-refractivity contribution in [2.24, 2.45) is 0 Å². The van der Waals surface area contributed by atoms with Crippen molar-refractivity contribution in [1.29, 1.82) is 0 Å². The molecule has 1 aliphatic heterocycles. The molecule has 0 aliphatic carbocycles. The number of anilines is 2. The smallest absolute Gasteiger partial charge is 0.272 e. The maximum absolute atomic E-state index is 11.1. The van der Waals surface area contributed by atoms with Crippen LogP contribution in [-0.4, -0.2) is 39.2 Å². The third kappa shape index (κ3) is 3.91. The molecule has 0 bridgehead atoms. The predicted molar refractivity (Wildman–Crippen MR) is 99.3 cm³/mol. The summed E-state index contributed by atoms with van der Waals surface area (Å²) >= 11 is 0. The van der Waals surface area contributed by atoms with Crippen molar-refractivity contribution in [3.63, 3.8) is 0 Å². The molecule has 1 saturated heterocycles. The Morgan fingerprint density at radius 1 is 1.38 bits per heavy atom. The lowest BCUT2D eigenvalue weighted by Crippen LogP contribution is -2.42. The van der Waals surface area contributed by atoms with Gasteiger partial charge in [-0.25, -0.2) is 9.97 Å². The first-order valence-electron chi connectivity index (χ1n) is 8.76. The molecule has 1 aromatic heterocycles. The third-order valence-electron chi connectivity index (χ3n) is 4.86. The van der Waals surface area contributed by atoms with Crippen molar-refractivity contribution in [3.05, 3.63) is 51.8 Å². The normalized spacial score (nSPS) is 17.2. The molecular weight excluding hydrogens is 334 g/mol. The van der Waals surface area contributed by atoms with Crippen LogP contribution in [0.1, 0.15) is 30.4 Å². The van der Waals surface area contributed by atoms with Crippen LogP contribution in [0.25, 0.3) is 0 Å². The minimum Gasteiger partial charge on any atom is -0.394 e. The van der Waals surface area contributed by atoms with Crippen LogP contribution in [0, 0.1) is 17.0 Å². The molecular formula is C18H23N5O3. The SMILES string of the molecule is Cc1c(CNc2cc(N3CCCCC3CO)ncn2)cccc1[N+](=O)[O-]. The highest BCUT2D eigenvalue weighted by atomic mass is 16.6. The van der Waals surface area contributed by atoms with Gasteiger partial charge < -0.3 is 15.3 Å². The van der Waals surface area contributed by atoms with E-state index in [0.29, 0.717) is 17.9 Å². The Morgan fingerprint density at radius 3 is 3.00 bits per heavy atom. The molecule has 8 heteroatoms. The molecule has 1 unspecified atom stereocenters. The van der Waals surface area contributed by atoms with Gasteiger partial charge in [-0.05, 0) is 31.7 Å². The minimum absolute atomic E-state index is 0.0884. The van der Waals surface area contributed by atoms with Gasteiger partial charge in [0.1, 0.15) is 18.0 Å². The fourth-order valence-corrected chi connectivity index (χ4v) is 3.34. The lowest BCUT2D eigenvalue weighted by Gasteiger charge is -2.35. The summed E-state index contributed by atoms with van der Waals surface area (Å²) in [6.45, 7) is 3.17. The molecule has 2 N–H and O–H groups in total. The van der Waals surface area contributed by atoms with Crippen molar-refractivity contribution in [2.45, 2.75) is 38.8 Å². The first-order valence-corrected chi connectivity index (χ1v) is 8.76. The van der Waals surface area contributed by atoms with Crippen molar-refractivity contribution in [2.75, 3.05) is 23.4 Å². The highest BCUT2D eigenvalue weighted by Crippen LogP contribution is 2.25. The number of rotatable bonds is 6. The van der Waals surface area contributed by atoms with Crippen LogP contribution in [0.15, 0.2) is 30.6 Å². The number of hydrogen-bond acceptors (Lipinski definition) is 7. The molecule has 3 rings (SSSR count). The van der Waals surface area contributed by atoms with E-state index in [1.807, 2.05) is 12.1 Å². The minimum atomic E-state index is -0.368. The van der Waals surface area contributed by atoms with E-state index in [0.717, 1.165) is 37.2 Å². The van der Waals surface area contributed by atoms with Crippen LogP contribution in [0.4, 0.5) is 17.3 Å². The number of nitro benzene ring substituents is 1. The van der Waals surface area contributed by atoms with Crippen molar-refractivity contribution >= 4 is 17.3 Å². The van der Waals surface area contributed by atoms with E-state index in [2.05, 4.69) is 20.2 Å². The average Bonchev–Trinajstić information content (AvgIpc) is 2.67. The summed E-state index contributed by atoms with van der Waals surface area (Å²) in [6.07, 6.45) is 4.65. The van der Waals surface area contributed by atoms with Crippen LogP contribution in [-0.2, 0) is 6.54 Å². The average molecular weight is 357 g/mol. The van der Waals surface area contributed by atoms with Gasteiger partial charge in [0.25, 0.3) is 5.69 Å². The molecule has 26 heavy (non-hydrogen) atoms. The fraction of sp³-hybridized carbons (Fsp3) is 0.444. The Kier molecular flexibility index (Phi) is 5.62. The number of aliphatic hydroxyl groups is 1. The third-order valence-corrected chi connectivity index (χ3v) is 4.86. The summed E-state index contributed by atoms with van der Waals surface area (Å²) in [5, 5.41) is 23.9. The van der Waals surface area contributed by atoms with Crippen LogP contribution in [0.5, 0.6) is 0 Å². The van der Waals surface area contributed by atoms with Gasteiger partial charge >= 0.3 is 0 Å². The van der Waals surface area contributed by atoms with Gasteiger partial charge in [-0.3, -0.25) is 10.1 Å². The molecule has 0 saturated carbocycles. The molecule has 2 aromatic rings. The molecule has 0 spiro atoms. The largest absolute Gasteiger partial charge is 0.394 e. The van der Waals surface area contributed by atoms with Crippen molar-refractivity contribution in [3.8, 4) is 0 Å². The number of aromatic nitrogens is 2. The number of piperidine rings is 1. The summed E-state index contributed by atoms with van der Waals surface area (Å²) in [5.41, 5.74) is 1.62. The number of nitrogens with zero attached hydrogens (tertiary/aromatic N) is 4. The number of benzene rings is 1. The van der Waals surface area contributed by atoms with Gasteiger partial charge in [0.2, 0.25) is 0 Å². The van der Waals surface area contributed by atoms with E-state index >= 15 is 0 Å². The summed E-state index contributed by atoms with van der Waals surface area (Å²) in [5.74, 6) is 1.44. The highest BCUT2D eigenvalue weighted by molar-refractivity contribution is 5.51. The van der Waals surface area contributed by atoms with E-state index in [4.69, 9.17) is 0 Å². The van der Waals surface area contributed by atoms with Gasteiger partial charge in [-0.1, -0.05) is 12.1 Å². The standard InChI is InChI=1S/C18H23N5O3/c1-13-14(5-4-7-16(13)23(25)26)10-19-17-9-18(21-12-20-17)22-8-3-2-6-15(22)11-24/h4-5,7,9,12,15,24H,2-3,6,8,10-11H2,1H3,(H,19,20,21). The van der Waals surface area contributed by atoms with Crippen LogP contribution >= 0.6 is 0 Å². The maximum atomic E-state index is 11.1. The van der Waals surface area contributed by atoms with Gasteiger partial charge in [0, 0.05) is 30.8 Å². The second-order valence-corrected chi connectivity index (χ2v) is 6.46. The van der Waals surface area contributed by atoms with Gasteiger partial charge in [0.15, 0.2) is 0 Å². The van der Waals surface area contributed by atoms with E-state index in [1.54, 1.807) is 13.0 Å². The quantitative estimate of drug-likeness (QED) is 0.605. The molecule has 0 amide bonds. The van der Waals surface area contributed by atoms with E-state index in [1.165, 1.54) is 12.4 Å². The molecule has 0 radical (unpaired) electrons. The van der Waals surface area contributed by atoms with Gasteiger partial charge in [-0.2, -0.15) is 0 Å². The Bertz CT molecular complexity index is 783. The zero-order chi connectivity index (χ0) is 18.5. The number of nitrogens with one attached hydrogen (secondary N) is 1. The lowest BCUT2D eigenvalue weighted by atomic mass is 10.0. The number of aliphatic hydroxyl groups excluding tert-OH is 1. The van der Waals surface area contributed by atoms with Gasteiger partial charge in [0.05, 0.1) is 17.6 Å². The number of nitro groups is 1. The summed E-state index contributed by atoms with van der Waals surface area (Å²) in [7, 11) is 0. The van der Waals surface area contributed by atoms with E-state index < -0.39 is 0 Å².